The molecule has 22 heavy (non-hydrogen) atoms. The summed E-state index contributed by atoms with van der Waals surface area (Å²) in [7, 11) is 0. The van der Waals surface area contributed by atoms with Crippen molar-refractivity contribution in [3.8, 4) is 0 Å². The second-order valence-electron chi connectivity index (χ2n) is 5.84. The Morgan fingerprint density at radius 2 is 2.09 bits per heavy atom. The first-order chi connectivity index (χ1) is 10.8. The van der Waals surface area contributed by atoms with Gasteiger partial charge < -0.3 is 9.80 Å². The van der Waals surface area contributed by atoms with Gasteiger partial charge in [0.1, 0.15) is 0 Å². The lowest BCUT2D eigenvalue weighted by Gasteiger charge is -2.24. The van der Waals surface area contributed by atoms with Crippen molar-refractivity contribution in [2.24, 2.45) is 0 Å². The van der Waals surface area contributed by atoms with E-state index in [2.05, 4.69) is 16.8 Å². The van der Waals surface area contributed by atoms with Gasteiger partial charge in [0.05, 0.1) is 0 Å². The molecule has 0 aliphatic carbocycles. The monoisotopic (exact) mass is 297 g/mol. The van der Waals surface area contributed by atoms with Gasteiger partial charge in [-0.25, -0.2) is 0 Å². The average molecular weight is 297 g/mol. The van der Waals surface area contributed by atoms with Crippen LogP contribution in [0.2, 0.25) is 0 Å². The standard InChI is InChI=1S/C18H23N3O/c1-2-21(13-12-20-10-3-4-11-20)18(22)17-7-5-6-15-14-19-9-8-16(15)17/h5-9,14H,2-4,10-13H2,1H3. The second-order valence-corrected chi connectivity index (χ2v) is 5.84. The lowest BCUT2D eigenvalue weighted by atomic mass is 10.1. The van der Waals surface area contributed by atoms with Crippen molar-refractivity contribution < 1.29 is 4.79 Å². The van der Waals surface area contributed by atoms with Crippen LogP contribution in [0.15, 0.2) is 36.7 Å². The van der Waals surface area contributed by atoms with E-state index in [9.17, 15) is 4.79 Å². The van der Waals surface area contributed by atoms with Crippen molar-refractivity contribution in [2.75, 3.05) is 32.7 Å². The van der Waals surface area contributed by atoms with Crippen LogP contribution >= 0.6 is 0 Å². The molecule has 0 N–H and O–H groups in total. The Bertz CT molecular complexity index is 644. The number of fused-ring (bicyclic) bond motifs is 1. The molecule has 116 valence electrons. The third kappa shape index (κ3) is 3.12. The number of carbonyl (C=O) groups excluding carboxylic acids is 1. The highest BCUT2D eigenvalue weighted by Gasteiger charge is 2.18. The Balaban J connectivity index is 1.77. The predicted molar refractivity (Wildman–Crippen MR) is 89.0 cm³/mol. The largest absolute Gasteiger partial charge is 0.338 e. The molecule has 1 amide bonds. The molecule has 0 radical (unpaired) electrons. The van der Waals surface area contributed by atoms with E-state index in [0.29, 0.717) is 0 Å². The molecular formula is C18H23N3O. The smallest absolute Gasteiger partial charge is 0.254 e. The molecule has 0 spiro atoms. The quantitative estimate of drug-likeness (QED) is 0.851. The van der Waals surface area contributed by atoms with Crippen molar-refractivity contribution in [1.29, 1.82) is 0 Å². The van der Waals surface area contributed by atoms with Gasteiger partial charge in [-0.05, 0) is 50.4 Å². The van der Waals surface area contributed by atoms with Crippen LogP contribution in [0.3, 0.4) is 0 Å². The molecular weight excluding hydrogens is 274 g/mol. The van der Waals surface area contributed by atoms with E-state index in [0.717, 1.165) is 36.0 Å². The van der Waals surface area contributed by atoms with E-state index in [1.54, 1.807) is 6.20 Å². The van der Waals surface area contributed by atoms with E-state index in [1.165, 1.54) is 25.9 Å². The first-order valence-corrected chi connectivity index (χ1v) is 8.14. The number of hydrogen-bond acceptors (Lipinski definition) is 3. The molecule has 0 unspecified atom stereocenters. The number of rotatable bonds is 5. The Morgan fingerprint density at radius 3 is 2.86 bits per heavy atom. The van der Waals surface area contributed by atoms with Crippen LogP contribution in [-0.4, -0.2) is 53.4 Å². The van der Waals surface area contributed by atoms with E-state index in [4.69, 9.17) is 0 Å². The fourth-order valence-electron chi connectivity index (χ4n) is 3.15. The summed E-state index contributed by atoms with van der Waals surface area (Å²) in [5, 5.41) is 2.01. The van der Waals surface area contributed by atoms with E-state index >= 15 is 0 Å². The molecule has 4 heteroatoms. The van der Waals surface area contributed by atoms with Crippen LogP contribution in [-0.2, 0) is 0 Å². The molecule has 1 aromatic heterocycles. The lowest BCUT2D eigenvalue weighted by molar-refractivity contribution is 0.0751. The third-order valence-corrected chi connectivity index (χ3v) is 4.46. The van der Waals surface area contributed by atoms with E-state index in [1.807, 2.05) is 35.4 Å². The van der Waals surface area contributed by atoms with Crippen LogP contribution in [0.4, 0.5) is 0 Å². The molecule has 2 heterocycles. The van der Waals surface area contributed by atoms with E-state index in [-0.39, 0.29) is 5.91 Å². The molecule has 0 atom stereocenters. The number of aromatic nitrogens is 1. The SMILES string of the molecule is CCN(CCN1CCCC1)C(=O)c1cccc2cnccc12. The summed E-state index contributed by atoms with van der Waals surface area (Å²) in [5.41, 5.74) is 0.781. The zero-order valence-corrected chi connectivity index (χ0v) is 13.2. The highest BCUT2D eigenvalue weighted by Crippen LogP contribution is 2.19. The second kappa shape index (κ2) is 6.88. The van der Waals surface area contributed by atoms with Gasteiger partial charge in [-0.15, -0.1) is 0 Å². The highest BCUT2D eigenvalue weighted by molar-refractivity contribution is 6.06. The van der Waals surface area contributed by atoms with Crippen molar-refractivity contribution in [1.82, 2.24) is 14.8 Å². The molecule has 1 aliphatic heterocycles. The molecule has 0 bridgehead atoms. The Labute approximate surface area is 131 Å². The average Bonchev–Trinajstić information content (AvgIpc) is 3.08. The third-order valence-electron chi connectivity index (χ3n) is 4.46. The van der Waals surface area contributed by atoms with Gasteiger partial charge in [0.2, 0.25) is 0 Å². The summed E-state index contributed by atoms with van der Waals surface area (Å²) in [4.78, 5) is 21.4. The maximum atomic E-state index is 12.9. The summed E-state index contributed by atoms with van der Waals surface area (Å²) in [6.07, 6.45) is 6.14. The minimum absolute atomic E-state index is 0.124. The molecule has 3 rings (SSSR count). The van der Waals surface area contributed by atoms with Crippen molar-refractivity contribution in [2.45, 2.75) is 19.8 Å². The van der Waals surface area contributed by atoms with Gasteiger partial charge in [-0.3, -0.25) is 9.78 Å². The maximum absolute atomic E-state index is 12.9. The number of benzene rings is 1. The van der Waals surface area contributed by atoms with Crippen LogP contribution in [0.5, 0.6) is 0 Å². The first-order valence-electron chi connectivity index (χ1n) is 8.14. The fraction of sp³-hybridized carbons (Fsp3) is 0.444. The molecule has 1 aromatic carbocycles. The summed E-state index contributed by atoms with van der Waals surface area (Å²) < 4.78 is 0. The minimum Gasteiger partial charge on any atom is -0.338 e. The summed E-state index contributed by atoms with van der Waals surface area (Å²) >= 11 is 0. The van der Waals surface area contributed by atoms with Crippen LogP contribution in [0, 0.1) is 0 Å². The van der Waals surface area contributed by atoms with Crippen LogP contribution in [0.25, 0.3) is 10.8 Å². The molecule has 4 nitrogen and oxygen atoms in total. The molecule has 1 saturated heterocycles. The predicted octanol–water partition coefficient (Wildman–Crippen LogP) is 2.79. The summed E-state index contributed by atoms with van der Waals surface area (Å²) in [6.45, 7) is 6.92. The Kier molecular flexibility index (Phi) is 4.68. The number of nitrogens with zero attached hydrogens (tertiary/aromatic N) is 3. The van der Waals surface area contributed by atoms with Gasteiger partial charge in [-0.1, -0.05) is 12.1 Å². The number of hydrogen-bond donors (Lipinski definition) is 0. The summed E-state index contributed by atoms with van der Waals surface area (Å²) in [6, 6.07) is 7.78. The van der Waals surface area contributed by atoms with Crippen molar-refractivity contribution in [3.63, 3.8) is 0 Å². The normalized spacial score (nSPS) is 15.3. The number of amides is 1. The number of pyridine rings is 1. The first kappa shape index (κ1) is 15.0. The maximum Gasteiger partial charge on any atom is 0.254 e. The highest BCUT2D eigenvalue weighted by atomic mass is 16.2. The van der Waals surface area contributed by atoms with Gasteiger partial charge >= 0.3 is 0 Å². The number of carbonyl (C=O) groups is 1. The van der Waals surface area contributed by atoms with Gasteiger partial charge in [0.25, 0.3) is 5.91 Å². The van der Waals surface area contributed by atoms with Gasteiger partial charge in [-0.2, -0.15) is 0 Å². The van der Waals surface area contributed by atoms with E-state index < -0.39 is 0 Å². The zero-order chi connectivity index (χ0) is 15.4. The van der Waals surface area contributed by atoms with Crippen molar-refractivity contribution >= 4 is 16.7 Å². The molecule has 1 aliphatic rings. The van der Waals surface area contributed by atoms with Crippen LogP contribution < -0.4 is 0 Å². The van der Waals surface area contributed by atoms with Gasteiger partial charge in [0, 0.05) is 43.0 Å². The minimum atomic E-state index is 0.124. The van der Waals surface area contributed by atoms with Crippen molar-refractivity contribution in [3.05, 3.63) is 42.2 Å². The van der Waals surface area contributed by atoms with Gasteiger partial charge in [0.15, 0.2) is 0 Å². The van der Waals surface area contributed by atoms with Crippen LogP contribution in [0.1, 0.15) is 30.1 Å². The summed E-state index contributed by atoms with van der Waals surface area (Å²) in [5.74, 6) is 0.124. The lowest BCUT2D eigenvalue weighted by Crippen LogP contribution is -2.37. The molecule has 2 aromatic rings. The Morgan fingerprint density at radius 1 is 1.27 bits per heavy atom. The molecule has 1 fully saturated rings. The fourth-order valence-corrected chi connectivity index (χ4v) is 3.15. The molecule has 0 saturated carbocycles. The topological polar surface area (TPSA) is 36.4 Å². The zero-order valence-electron chi connectivity index (χ0n) is 13.2. The number of likely N-dealkylation sites (tertiary alicyclic amines) is 1. The number of likely N-dealkylation sites (N-methyl/N-ethyl adjacent to an activating group) is 1. The Hall–Kier alpha value is -1.94.